The Morgan fingerprint density at radius 1 is 1.00 bits per heavy atom. The molecular formula is C20H25NO4. The van der Waals surface area contributed by atoms with Crippen LogP contribution in [0.5, 0.6) is 17.2 Å². The van der Waals surface area contributed by atoms with Crippen molar-refractivity contribution in [3.63, 3.8) is 0 Å². The molecule has 2 aromatic carbocycles. The third-order valence-electron chi connectivity index (χ3n) is 4.08. The van der Waals surface area contributed by atoms with Crippen LogP contribution in [0.1, 0.15) is 23.6 Å². The minimum Gasteiger partial charge on any atom is -0.493 e. The first kappa shape index (κ1) is 18.6. The molecule has 0 aromatic heterocycles. The van der Waals surface area contributed by atoms with Crippen molar-refractivity contribution in [2.75, 3.05) is 14.2 Å². The maximum absolute atomic E-state index is 12.3. The Morgan fingerprint density at radius 3 is 2.36 bits per heavy atom. The highest BCUT2D eigenvalue weighted by molar-refractivity contribution is 5.80. The molecule has 0 aliphatic carbocycles. The second-order valence-corrected chi connectivity index (χ2v) is 5.91. The van der Waals surface area contributed by atoms with Gasteiger partial charge in [0, 0.05) is 6.54 Å². The van der Waals surface area contributed by atoms with Crippen molar-refractivity contribution in [3.05, 3.63) is 53.1 Å². The van der Waals surface area contributed by atoms with E-state index in [-0.39, 0.29) is 5.91 Å². The Bertz CT molecular complexity index is 742. The zero-order valence-electron chi connectivity index (χ0n) is 15.4. The Balaban J connectivity index is 1.94. The number of benzene rings is 2. The van der Waals surface area contributed by atoms with E-state index >= 15 is 0 Å². The molecule has 0 saturated heterocycles. The Morgan fingerprint density at radius 2 is 1.72 bits per heavy atom. The quantitative estimate of drug-likeness (QED) is 0.837. The van der Waals surface area contributed by atoms with E-state index < -0.39 is 6.10 Å². The molecule has 25 heavy (non-hydrogen) atoms. The normalized spacial score (nSPS) is 11.6. The zero-order valence-corrected chi connectivity index (χ0v) is 15.4. The highest BCUT2D eigenvalue weighted by Crippen LogP contribution is 2.27. The van der Waals surface area contributed by atoms with Gasteiger partial charge in [-0.25, -0.2) is 0 Å². The lowest BCUT2D eigenvalue weighted by Gasteiger charge is -2.16. The number of amides is 1. The predicted octanol–water partition coefficient (Wildman–Crippen LogP) is 3.40. The number of ether oxygens (including phenoxy) is 3. The number of aryl methyl sites for hydroxylation is 2. The molecule has 1 atom stereocenters. The Kier molecular flexibility index (Phi) is 6.28. The summed E-state index contributed by atoms with van der Waals surface area (Å²) in [6, 6.07) is 11.3. The van der Waals surface area contributed by atoms with Crippen molar-refractivity contribution in [1.29, 1.82) is 0 Å². The van der Waals surface area contributed by atoms with Gasteiger partial charge < -0.3 is 19.5 Å². The first-order valence-corrected chi connectivity index (χ1v) is 8.17. The van der Waals surface area contributed by atoms with E-state index in [1.165, 1.54) is 5.56 Å². The van der Waals surface area contributed by atoms with Gasteiger partial charge in [-0.05, 0) is 61.7 Å². The molecule has 0 aliphatic heterocycles. The molecule has 2 aromatic rings. The van der Waals surface area contributed by atoms with Gasteiger partial charge in [0.2, 0.25) is 0 Å². The monoisotopic (exact) mass is 343 g/mol. The smallest absolute Gasteiger partial charge is 0.261 e. The minimum absolute atomic E-state index is 0.173. The van der Waals surface area contributed by atoms with Crippen LogP contribution in [-0.2, 0) is 11.3 Å². The second kappa shape index (κ2) is 8.42. The first-order chi connectivity index (χ1) is 11.9. The summed E-state index contributed by atoms with van der Waals surface area (Å²) >= 11 is 0. The van der Waals surface area contributed by atoms with Gasteiger partial charge in [0.15, 0.2) is 17.6 Å². The van der Waals surface area contributed by atoms with Crippen LogP contribution in [0.2, 0.25) is 0 Å². The van der Waals surface area contributed by atoms with Gasteiger partial charge in [0.25, 0.3) is 5.91 Å². The molecule has 0 heterocycles. The van der Waals surface area contributed by atoms with Crippen LogP contribution in [0.3, 0.4) is 0 Å². The van der Waals surface area contributed by atoms with Crippen LogP contribution in [0, 0.1) is 13.8 Å². The predicted molar refractivity (Wildman–Crippen MR) is 97.4 cm³/mol. The lowest BCUT2D eigenvalue weighted by Crippen LogP contribution is -2.35. The SMILES string of the molecule is COc1ccc(CNC(=O)C(C)Oc2ccc(C)c(C)c2)cc1OC. The van der Waals surface area contributed by atoms with Crippen LogP contribution in [0.15, 0.2) is 36.4 Å². The zero-order chi connectivity index (χ0) is 18.4. The van der Waals surface area contributed by atoms with E-state index in [9.17, 15) is 4.79 Å². The van der Waals surface area contributed by atoms with E-state index in [0.717, 1.165) is 11.1 Å². The molecule has 1 unspecified atom stereocenters. The minimum atomic E-state index is -0.581. The first-order valence-electron chi connectivity index (χ1n) is 8.17. The van der Waals surface area contributed by atoms with Crippen LogP contribution in [-0.4, -0.2) is 26.2 Å². The van der Waals surface area contributed by atoms with Crippen molar-refractivity contribution < 1.29 is 19.0 Å². The van der Waals surface area contributed by atoms with Gasteiger partial charge >= 0.3 is 0 Å². The van der Waals surface area contributed by atoms with Crippen molar-refractivity contribution in [3.8, 4) is 17.2 Å². The molecule has 1 N–H and O–H groups in total. The van der Waals surface area contributed by atoms with Crippen LogP contribution < -0.4 is 19.5 Å². The number of methoxy groups -OCH3 is 2. The summed E-state index contributed by atoms with van der Waals surface area (Å²) < 4.78 is 16.2. The molecule has 0 bridgehead atoms. The molecule has 1 amide bonds. The summed E-state index contributed by atoms with van der Waals surface area (Å²) in [6.45, 7) is 6.18. The molecule has 0 aliphatic rings. The average Bonchev–Trinajstić information content (AvgIpc) is 2.62. The van der Waals surface area contributed by atoms with E-state index in [2.05, 4.69) is 5.32 Å². The standard InChI is InChI=1S/C20H25NO4/c1-13-6-8-17(10-14(13)2)25-15(3)20(22)21-12-16-7-9-18(23-4)19(11-16)24-5/h6-11,15H,12H2,1-5H3,(H,21,22). The second-order valence-electron chi connectivity index (χ2n) is 5.91. The summed E-state index contributed by atoms with van der Waals surface area (Å²) in [5.74, 6) is 1.81. The fourth-order valence-corrected chi connectivity index (χ4v) is 2.37. The summed E-state index contributed by atoms with van der Waals surface area (Å²) in [5, 5.41) is 2.87. The van der Waals surface area contributed by atoms with Crippen LogP contribution in [0.4, 0.5) is 0 Å². The van der Waals surface area contributed by atoms with Crippen molar-refractivity contribution in [2.24, 2.45) is 0 Å². The maximum Gasteiger partial charge on any atom is 0.261 e. The largest absolute Gasteiger partial charge is 0.493 e. The number of carbonyl (C=O) groups excluding carboxylic acids is 1. The highest BCUT2D eigenvalue weighted by Gasteiger charge is 2.15. The highest BCUT2D eigenvalue weighted by atomic mass is 16.5. The number of rotatable bonds is 7. The number of hydrogen-bond donors (Lipinski definition) is 1. The fraction of sp³-hybridized carbons (Fsp3) is 0.350. The van der Waals surface area contributed by atoms with Gasteiger partial charge in [-0.1, -0.05) is 12.1 Å². The van der Waals surface area contributed by atoms with Crippen molar-refractivity contribution >= 4 is 5.91 Å². The van der Waals surface area contributed by atoms with Gasteiger partial charge in [0.05, 0.1) is 14.2 Å². The van der Waals surface area contributed by atoms with E-state index in [4.69, 9.17) is 14.2 Å². The van der Waals surface area contributed by atoms with Gasteiger partial charge in [0.1, 0.15) is 5.75 Å². The Hall–Kier alpha value is -2.69. The molecular weight excluding hydrogens is 318 g/mol. The molecule has 0 saturated carbocycles. The molecule has 0 spiro atoms. The topological polar surface area (TPSA) is 56.8 Å². The van der Waals surface area contributed by atoms with E-state index in [1.54, 1.807) is 21.1 Å². The van der Waals surface area contributed by atoms with Gasteiger partial charge in [-0.15, -0.1) is 0 Å². The summed E-state index contributed by atoms with van der Waals surface area (Å²) in [6.07, 6.45) is -0.581. The molecule has 0 radical (unpaired) electrons. The molecule has 5 nitrogen and oxygen atoms in total. The third kappa shape index (κ3) is 4.89. The number of hydrogen-bond acceptors (Lipinski definition) is 4. The van der Waals surface area contributed by atoms with E-state index in [1.807, 2.05) is 50.2 Å². The molecule has 2 rings (SSSR count). The van der Waals surface area contributed by atoms with Crippen LogP contribution in [0.25, 0.3) is 0 Å². The van der Waals surface area contributed by atoms with Gasteiger partial charge in [-0.2, -0.15) is 0 Å². The van der Waals surface area contributed by atoms with Gasteiger partial charge in [-0.3, -0.25) is 4.79 Å². The molecule has 5 heteroatoms. The maximum atomic E-state index is 12.3. The molecule has 0 fully saturated rings. The van der Waals surface area contributed by atoms with Crippen molar-refractivity contribution in [2.45, 2.75) is 33.4 Å². The van der Waals surface area contributed by atoms with E-state index in [0.29, 0.717) is 23.8 Å². The van der Waals surface area contributed by atoms with Crippen molar-refractivity contribution in [1.82, 2.24) is 5.32 Å². The molecule has 134 valence electrons. The van der Waals surface area contributed by atoms with Crippen LogP contribution >= 0.6 is 0 Å². The fourth-order valence-electron chi connectivity index (χ4n) is 2.37. The lowest BCUT2D eigenvalue weighted by atomic mass is 10.1. The summed E-state index contributed by atoms with van der Waals surface area (Å²) in [5.41, 5.74) is 3.25. The number of nitrogens with one attached hydrogen (secondary N) is 1. The third-order valence-corrected chi connectivity index (χ3v) is 4.08. The lowest BCUT2D eigenvalue weighted by molar-refractivity contribution is -0.127. The summed E-state index contributed by atoms with van der Waals surface area (Å²) in [7, 11) is 3.17. The Labute approximate surface area is 148 Å². The number of carbonyl (C=O) groups is 1. The average molecular weight is 343 g/mol. The summed E-state index contributed by atoms with van der Waals surface area (Å²) in [4.78, 5) is 12.3.